The monoisotopic (exact) mass is 247 g/mol. The smallest absolute Gasteiger partial charge is 0.270 e. The maximum atomic E-state index is 12.1. The molecule has 0 radical (unpaired) electrons. The van der Waals surface area contributed by atoms with Crippen molar-refractivity contribution in [2.24, 2.45) is 7.05 Å². The van der Waals surface area contributed by atoms with Gasteiger partial charge >= 0.3 is 0 Å². The number of aromatic nitrogens is 2. The van der Waals surface area contributed by atoms with E-state index in [1.54, 1.807) is 17.9 Å². The van der Waals surface area contributed by atoms with E-state index in [-0.39, 0.29) is 5.91 Å². The second-order valence-corrected chi connectivity index (χ2v) is 4.84. The lowest BCUT2D eigenvalue weighted by molar-refractivity contribution is 0.0873. The van der Waals surface area contributed by atoms with Gasteiger partial charge in [0, 0.05) is 20.1 Å². The number of nitriles is 1. The summed E-state index contributed by atoms with van der Waals surface area (Å²) in [6.45, 7) is 1.64. The third-order valence-electron chi connectivity index (χ3n) is 3.46. The molecule has 0 unspecified atom stereocenters. The second-order valence-electron chi connectivity index (χ2n) is 4.84. The van der Waals surface area contributed by atoms with Gasteiger partial charge in [-0.3, -0.25) is 4.79 Å². The Bertz CT molecular complexity index is 479. The van der Waals surface area contributed by atoms with Crippen molar-refractivity contribution in [2.75, 3.05) is 20.1 Å². The lowest BCUT2D eigenvalue weighted by Crippen LogP contribution is -2.54. The fourth-order valence-corrected chi connectivity index (χ4v) is 2.12. The summed E-state index contributed by atoms with van der Waals surface area (Å²) in [4.78, 5) is 18.2. The minimum atomic E-state index is -0.742. The number of rotatable bonds is 2. The van der Waals surface area contributed by atoms with Crippen LogP contribution in [0.25, 0.3) is 0 Å². The molecule has 1 aromatic heterocycles. The molecule has 1 amide bonds. The first-order chi connectivity index (χ1) is 8.56. The maximum absolute atomic E-state index is 12.1. The van der Waals surface area contributed by atoms with Crippen LogP contribution in [0.15, 0.2) is 12.5 Å². The van der Waals surface area contributed by atoms with E-state index < -0.39 is 5.54 Å². The van der Waals surface area contributed by atoms with Gasteiger partial charge in [-0.2, -0.15) is 5.26 Å². The van der Waals surface area contributed by atoms with Crippen LogP contribution in [0.3, 0.4) is 0 Å². The average Bonchev–Trinajstić information content (AvgIpc) is 2.79. The summed E-state index contributed by atoms with van der Waals surface area (Å²) >= 11 is 0. The molecular formula is C12H17N5O. The highest BCUT2D eigenvalue weighted by atomic mass is 16.2. The summed E-state index contributed by atoms with van der Waals surface area (Å²) in [5, 5.41) is 12.2. The zero-order valence-electron chi connectivity index (χ0n) is 10.7. The van der Waals surface area contributed by atoms with Crippen molar-refractivity contribution in [3.63, 3.8) is 0 Å². The topological polar surface area (TPSA) is 74.0 Å². The highest BCUT2D eigenvalue weighted by molar-refractivity contribution is 5.93. The number of hydrogen-bond donors (Lipinski definition) is 1. The van der Waals surface area contributed by atoms with Crippen molar-refractivity contribution in [3.05, 3.63) is 18.2 Å². The molecule has 1 aromatic rings. The average molecular weight is 247 g/mol. The molecule has 1 aliphatic rings. The number of piperidine rings is 1. The Labute approximate surface area is 106 Å². The zero-order valence-corrected chi connectivity index (χ0v) is 10.7. The van der Waals surface area contributed by atoms with Crippen LogP contribution in [0.4, 0.5) is 0 Å². The molecule has 6 heteroatoms. The molecule has 96 valence electrons. The molecule has 2 heterocycles. The first-order valence-corrected chi connectivity index (χ1v) is 5.95. The zero-order chi connectivity index (χ0) is 13.2. The number of aryl methyl sites for hydroxylation is 1. The minimum absolute atomic E-state index is 0.235. The van der Waals surface area contributed by atoms with E-state index in [2.05, 4.69) is 21.3 Å². The van der Waals surface area contributed by atoms with Crippen LogP contribution in [-0.2, 0) is 7.05 Å². The standard InChI is InChI=1S/C12H17N5O/c1-16-5-3-12(8-13,4-6-16)15-11(18)10-7-14-9-17(10)2/h7,9H,3-6H2,1-2H3,(H,15,18). The fraction of sp³-hybridized carbons (Fsp3) is 0.583. The highest BCUT2D eigenvalue weighted by Crippen LogP contribution is 2.21. The van der Waals surface area contributed by atoms with Gasteiger partial charge in [-0.05, 0) is 19.9 Å². The Hall–Kier alpha value is -1.87. The number of carbonyl (C=O) groups excluding carboxylic acids is 1. The number of likely N-dealkylation sites (tertiary alicyclic amines) is 1. The quantitative estimate of drug-likeness (QED) is 0.806. The molecule has 18 heavy (non-hydrogen) atoms. The van der Waals surface area contributed by atoms with Gasteiger partial charge in [-0.1, -0.05) is 0 Å². The van der Waals surface area contributed by atoms with Crippen LogP contribution >= 0.6 is 0 Å². The Balaban J connectivity index is 2.10. The molecule has 0 spiro atoms. The third-order valence-corrected chi connectivity index (χ3v) is 3.46. The molecule has 0 bridgehead atoms. The van der Waals surface area contributed by atoms with Crippen molar-refractivity contribution >= 4 is 5.91 Å². The molecule has 1 saturated heterocycles. The number of nitrogens with one attached hydrogen (secondary N) is 1. The van der Waals surface area contributed by atoms with Crippen molar-refractivity contribution < 1.29 is 4.79 Å². The SMILES string of the molecule is CN1CCC(C#N)(NC(=O)c2cncn2C)CC1. The molecule has 2 rings (SSSR count). The Morgan fingerprint density at radius 1 is 1.50 bits per heavy atom. The van der Waals surface area contributed by atoms with Crippen LogP contribution in [0.1, 0.15) is 23.3 Å². The van der Waals surface area contributed by atoms with Crippen LogP contribution < -0.4 is 5.32 Å². The Kier molecular flexibility index (Phi) is 3.34. The molecular weight excluding hydrogens is 230 g/mol. The van der Waals surface area contributed by atoms with Gasteiger partial charge in [0.15, 0.2) is 0 Å². The molecule has 6 nitrogen and oxygen atoms in total. The summed E-state index contributed by atoms with van der Waals surface area (Å²) in [6, 6.07) is 2.26. The summed E-state index contributed by atoms with van der Waals surface area (Å²) < 4.78 is 1.65. The molecule has 1 N–H and O–H groups in total. The molecule has 0 saturated carbocycles. The number of imidazole rings is 1. The first-order valence-electron chi connectivity index (χ1n) is 5.95. The van der Waals surface area contributed by atoms with Gasteiger partial charge in [0.25, 0.3) is 5.91 Å². The van der Waals surface area contributed by atoms with Gasteiger partial charge in [0.05, 0.1) is 18.6 Å². The predicted octanol–water partition coefficient (Wildman–Crippen LogP) is 0.138. The molecule has 1 aliphatic heterocycles. The van der Waals surface area contributed by atoms with E-state index in [9.17, 15) is 10.1 Å². The summed E-state index contributed by atoms with van der Waals surface area (Å²) in [5.74, 6) is -0.235. The van der Waals surface area contributed by atoms with Gasteiger partial charge < -0.3 is 14.8 Å². The summed E-state index contributed by atoms with van der Waals surface area (Å²) in [6.07, 6.45) is 4.39. The van der Waals surface area contributed by atoms with Crippen molar-refractivity contribution in [1.82, 2.24) is 19.8 Å². The number of nitrogens with zero attached hydrogens (tertiary/aromatic N) is 4. The second kappa shape index (κ2) is 4.78. The van der Waals surface area contributed by atoms with E-state index >= 15 is 0 Å². The van der Waals surface area contributed by atoms with Gasteiger partial charge in [0.2, 0.25) is 0 Å². The van der Waals surface area contributed by atoms with Crippen LogP contribution in [-0.4, -0.2) is 46.0 Å². The maximum Gasteiger partial charge on any atom is 0.270 e. The van der Waals surface area contributed by atoms with E-state index in [0.717, 1.165) is 13.1 Å². The van der Waals surface area contributed by atoms with Gasteiger partial charge in [0.1, 0.15) is 11.2 Å². The minimum Gasteiger partial charge on any atom is -0.332 e. The third kappa shape index (κ3) is 2.36. The Morgan fingerprint density at radius 3 is 2.67 bits per heavy atom. The number of carbonyl (C=O) groups is 1. The lowest BCUT2D eigenvalue weighted by Gasteiger charge is -2.35. The summed E-state index contributed by atoms with van der Waals surface area (Å²) in [7, 11) is 3.78. The summed E-state index contributed by atoms with van der Waals surface area (Å²) in [5.41, 5.74) is -0.267. The van der Waals surface area contributed by atoms with Crippen molar-refractivity contribution in [2.45, 2.75) is 18.4 Å². The molecule has 0 atom stereocenters. The number of amides is 1. The van der Waals surface area contributed by atoms with E-state index in [4.69, 9.17) is 0 Å². The van der Waals surface area contributed by atoms with E-state index in [0.29, 0.717) is 18.5 Å². The molecule has 0 aliphatic carbocycles. The molecule has 0 aromatic carbocycles. The normalized spacial score (nSPS) is 19.2. The molecule has 1 fully saturated rings. The van der Waals surface area contributed by atoms with E-state index in [1.165, 1.54) is 6.20 Å². The van der Waals surface area contributed by atoms with E-state index in [1.807, 2.05) is 7.05 Å². The van der Waals surface area contributed by atoms with Gasteiger partial charge in [-0.15, -0.1) is 0 Å². The largest absolute Gasteiger partial charge is 0.332 e. The lowest BCUT2D eigenvalue weighted by atomic mass is 9.89. The van der Waals surface area contributed by atoms with Crippen molar-refractivity contribution in [3.8, 4) is 6.07 Å². The van der Waals surface area contributed by atoms with Gasteiger partial charge in [-0.25, -0.2) is 4.98 Å². The Morgan fingerprint density at radius 2 is 2.17 bits per heavy atom. The van der Waals surface area contributed by atoms with Crippen LogP contribution in [0, 0.1) is 11.3 Å². The van der Waals surface area contributed by atoms with Crippen LogP contribution in [0.5, 0.6) is 0 Å². The van der Waals surface area contributed by atoms with Crippen molar-refractivity contribution in [1.29, 1.82) is 5.26 Å². The number of hydrogen-bond acceptors (Lipinski definition) is 4. The fourth-order valence-electron chi connectivity index (χ4n) is 2.12. The predicted molar refractivity (Wildman–Crippen MR) is 65.7 cm³/mol. The van der Waals surface area contributed by atoms with Crippen LogP contribution in [0.2, 0.25) is 0 Å². The highest BCUT2D eigenvalue weighted by Gasteiger charge is 2.35. The first kappa shape index (κ1) is 12.6.